The average Bonchev–Trinajstić information content (AvgIpc) is 2.33. The van der Waals surface area contributed by atoms with Crippen molar-refractivity contribution >= 4 is 15.9 Å². The van der Waals surface area contributed by atoms with E-state index in [4.69, 9.17) is 0 Å². The summed E-state index contributed by atoms with van der Waals surface area (Å²) in [6.45, 7) is 3.92. The lowest BCUT2D eigenvalue weighted by molar-refractivity contribution is 0.177. The molecule has 100 valence electrons. The molecule has 0 spiro atoms. The maximum Gasteiger partial charge on any atom is 0.123 e. The summed E-state index contributed by atoms with van der Waals surface area (Å²) in [5, 5.41) is 10.3. The van der Waals surface area contributed by atoms with Gasteiger partial charge in [0.1, 0.15) is 5.82 Å². The van der Waals surface area contributed by atoms with Gasteiger partial charge in [0.15, 0.2) is 0 Å². The SMILES string of the molecule is Cc1ccc(C(O)Cc2cc(F)ccc2C)c(Br)c1. The summed E-state index contributed by atoms with van der Waals surface area (Å²) >= 11 is 3.46. The third-order valence-corrected chi connectivity index (χ3v) is 3.93. The Kier molecular flexibility index (Phi) is 4.38. The van der Waals surface area contributed by atoms with E-state index in [-0.39, 0.29) is 5.82 Å². The fourth-order valence-corrected chi connectivity index (χ4v) is 2.84. The van der Waals surface area contributed by atoms with Crippen molar-refractivity contribution in [1.29, 1.82) is 0 Å². The molecular formula is C16H16BrFO. The summed E-state index contributed by atoms with van der Waals surface area (Å²) < 4.78 is 14.1. The van der Waals surface area contributed by atoms with E-state index < -0.39 is 6.10 Å². The third-order valence-electron chi connectivity index (χ3n) is 3.24. The van der Waals surface area contributed by atoms with Gasteiger partial charge in [0.05, 0.1) is 6.10 Å². The second-order valence-electron chi connectivity index (χ2n) is 4.82. The molecule has 19 heavy (non-hydrogen) atoms. The van der Waals surface area contributed by atoms with Crippen LogP contribution < -0.4 is 0 Å². The minimum Gasteiger partial charge on any atom is -0.388 e. The first-order valence-electron chi connectivity index (χ1n) is 6.16. The molecule has 0 radical (unpaired) electrons. The molecule has 1 unspecified atom stereocenters. The largest absolute Gasteiger partial charge is 0.388 e. The molecule has 1 atom stereocenters. The number of benzene rings is 2. The summed E-state index contributed by atoms with van der Waals surface area (Å²) in [6, 6.07) is 10.5. The number of hydrogen-bond acceptors (Lipinski definition) is 1. The first-order chi connectivity index (χ1) is 8.97. The van der Waals surface area contributed by atoms with E-state index in [2.05, 4.69) is 15.9 Å². The standard InChI is InChI=1S/C16H16BrFO/c1-10-3-6-14(15(17)7-10)16(19)9-12-8-13(18)5-4-11(12)2/h3-8,16,19H,9H2,1-2H3. The Labute approximate surface area is 121 Å². The Bertz CT molecular complexity index is 595. The van der Waals surface area contributed by atoms with E-state index in [0.29, 0.717) is 6.42 Å². The molecule has 0 bridgehead atoms. The van der Waals surface area contributed by atoms with Crippen LogP contribution in [0.1, 0.15) is 28.4 Å². The van der Waals surface area contributed by atoms with Crippen molar-refractivity contribution in [2.45, 2.75) is 26.4 Å². The molecule has 0 aliphatic heterocycles. The van der Waals surface area contributed by atoms with Crippen LogP contribution in [0.3, 0.4) is 0 Å². The van der Waals surface area contributed by atoms with Crippen molar-refractivity contribution in [2.75, 3.05) is 0 Å². The number of halogens is 2. The molecule has 0 saturated heterocycles. The molecule has 0 aliphatic rings. The third kappa shape index (κ3) is 3.43. The van der Waals surface area contributed by atoms with Gasteiger partial charge in [-0.25, -0.2) is 4.39 Å². The zero-order valence-corrected chi connectivity index (χ0v) is 12.5. The van der Waals surface area contributed by atoms with Gasteiger partial charge in [-0.3, -0.25) is 0 Å². The van der Waals surface area contributed by atoms with Gasteiger partial charge in [0, 0.05) is 10.9 Å². The van der Waals surface area contributed by atoms with Crippen molar-refractivity contribution < 1.29 is 9.50 Å². The Morgan fingerprint density at radius 1 is 1.16 bits per heavy atom. The molecule has 2 rings (SSSR count). The molecule has 0 aliphatic carbocycles. The average molecular weight is 323 g/mol. The van der Waals surface area contributed by atoms with Crippen LogP contribution in [0.5, 0.6) is 0 Å². The van der Waals surface area contributed by atoms with E-state index in [9.17, 15) is 9.50 Å². The fourth-order valence-electron chi connectivity index (χ4n) is 2.08. The van der Waals surface area contributed by atoms with Crippen LogP contribution in [0, 0.1) is 19.7 Å². The highest BCUT2D eigenvalue weighted by atomic mass is 79.9. The molecule has 0 heterocycles. The molecule has 1 N–H and O–H groups in total. The predicted octanol–water partition coefficient (Wildman–Crippen LogP) is 4.48. The highest BCUT2D eigenvalue weighted by Gasteiger charge is 2.13. The van der Waals surface area contributed by atoms with Gasteiger partial charge in [-0.1, -0.05) is 34.1 Å². The predicted molar refractivity (Wildman–Crippen MR) is 78.7 cm³/mol. The molecule has 3 heteroatoms. The van der Waals surface area contributed by atoms with E-state index in [1.165, 1.54) is 12.1 Å². The molecule has 2 aromatic rings. The lowest BCUT2D eigenvalue weighted by Gasteiger charge is -2.15. The summed E-state index contributed by atoms with van der Waals surface area (Å²) in [7, 11) is 0. The molecule has 0 saturated carbocycles. The van der Waals surface area contributed by atoms with Crippen LogP contribution in [0.25, 0.3) is 0 Å². The number of rotatable bonds is 3. The maximum absolute atomic E-state index is 13.2. The van der Waals surface area contributed by atoms with E-state index in [1.807, 2.05) is 32.0 Å². The van der Waals surface area contributed by atoms with Gasteiger partial charge in [-0.15, -0.1) is 0 Å². The van der Waals surface area contributed by atoms with Crippen molar-refractivity contribution in [1.82, 2.24) is 0 Å². The van der Waals surface area contributed by atoms with Crippen LogP contribution in [0.2, 0.25) is 0 Å². The Morgan fingerprint density at radius 2 is 1.89 bits per heavy atom. The lowest BCUT2D eigenvalue weighted by atomic mass is 9.97. The van der Waals surface area contributed by atoms with Crippen molar-refractivity contribution in [2.24, 2.45) is 0 Å². The van der Waals surface area contributed by atoms with Crippen molar-refractivity contribution in [3.05, 3.63) is 68.9 Å². The van der Waals surface area contributed by atoms with Crippen LogP contribution >= 0.6 is 15.9 Å². The zero-order valence-electron chi connectivity index (χ0n) is 11.0. The Balaban J connectivity index is 2.25. The van der Waals surface area contributed by atoms with Gasteiger partial charge in [-0.05, 0) is 54.3 Å². The van der Waals surface area contributed by atoms with Gasteiger partial charge in [0.2, 0.25) is 0 Å². The van der Waals surface area contributed by atoms with Gasteiger partial charge < -0.3 is 5.11 Å². The Hall–Kier alpha value is -1.19. The van der Waals surface area contributed by atoms with E-state index >= 15 is 0 Å². The highest BCUT2D eigenvalue weighted by molar-refractivity contribution is 9.10. The first kappa shape index (κ1) is 14.2. The Morgan fingerprint density at radius 3 is 2.58 bits per heavy atom. The number of hydrogen-bond donors (Lipinski definition) is 1. The second-order valence-corrected chi connectivity index (χ2v) is 5.67. The second kappa shape index (κ2) is 5.85. The van der Waals surface area contributed by atoms with E-state index in [0.717, 1.165) is 26.7 Å². The van der Waals surface area contributed by atoms with Crippen LogP contribution in [0.15, 0.2) is 40.9 Å². The summed E-state index contributed by atoms with van der Waals surface area (Å²) in [5.74, 6) is -0.268. The van der Waals surface area contributed by atoms with Crippen molar-refractivity contribution in [3.63, 3.8) is 0 Å². The molecule has 1 nitrogen and oxygen atoms in total. The molecule has 0 amide bonds. The first-order valence-corrected chi connectivity index (χ1v) is 6.96. The lowest BCUT2D eigenvalue weighted by Crippen LogP contribution is -2.04. The summed E-state index contributed by atoms with van der Waals surface area (Å²) in [4.78, 5) is 0. The number of aryl methyl sites for hydroxylation is 2. The summed E-state index contributed by atoms with van der Waals surface area (Å²) in [5.41, 5.74) is 3.78. The molecule has 0 aromatic heterocycles. The highest BCUT2D eigenvalue weighted by Crippen LogP contribution is 2.28. The van der Waals surface area contributed by atoms with Crippen molar-refractivity contribution in [3.8, 4) is 0 Å². The number of aliphatic hydroxyl groups excluding tert-OH is 1. The quantitative estimate of drug-likeness (QED) is 0.883. The molecular weight excluding hydrogens is 307 g/mol. The zero-order chi connectivity index (χ0) is 14.0. The minimum atomic E-state index is -0.643. The molecule has 2 aromatic carbocycles. The van der Waals surface area contributed by atoms with Crippen LogP contribution in [-0.4, -0.2) is 5.11 Å². The smallest absolute Gasteiger partial charge is 0.123 e. The fraction of sp³-hybridized carbons (Fsp3) is 0.250. The minimum absolute atomic E-state index is 0.268. The maximum atomic E-state index is 13.2. The topological polar surface area (TPSA) is 20.2 Å². The van der Waals surface area contributed by atoms with Gasteiger partial charge >= 0.3 is 0 Å². The monoisotopic (exact) mass is 322 g/mol. The van der Waals surface area contributed by atoms with Gasteiger partial charge in [-0.2, -0.15) is 0 Å². The number of aliphatic hydroxyl groups is 1. The van der Waals surface area contributed by atoms with E-state index in [1.54, 1.807) is 6.07 Å². The normalized spacial score (nSPS) is 12.5. The van der Waals surface area contributed by atoms with Crippen LogP contribution in [-0.2, 0) is 6.42 Å². The summed E-state index contributed by atoms with van der Waals surface area (Å²) in [6.07, 6.45) is -0.235. The van der Waals surface area contributed by atoms with Gasteiger partial charge in [0.25, 0.3) is 0 Å². The molecule has 0 fully saturated rings. The van der Waals surface area contributed by atoms with Crippen LogP contribution in [0.4, 0.5) is 4.39 Å².